The van der Waals surface area contributed by atoms with Crippen molar-refractivity contribution < 1.29 is 5.11 Å². The van der Waals surface area contributed by atoms with E-state index in [4.69, 9.17) is 10.4 Å². The molecule has 1 aromatic rings. The largest absolute Gasteiger partial charge is 0.508 e. The van der Waals surface area contributed by atoms with Crippen LogP contribution in [0.2, 0.25) is 0 Å². The molecule has 0 spiro atoms. The van der Waals surface area contributed by atoms with E-state index in [0.717, 1.165) is 18.5 Å². The molecule has 1 aromatic carbocycles. The predicted molar refractivity (Wildman–Crippen MR) is 49.3 cm³/mol. The van der Waals surface area contributed by atoms with E-state index in [2.05, 4.69) is 11.4 Å². The molecule has 0 aliphatic heterocycles. The second-order valence-electron chi connectivity index (χ2n) is 3.37. The van der Waals surface area contributed by atoms with Gasteiger partial charge in [-0.2, -0.15) is 5.26 Å². The fraction of sp³-hybridized carbons (Fsp3) is 0.300. The van der Waals surface area contributed by atoms with Gasteiger partial charge in [-0.3, -0.25) is 0 Å². The molecule has 0 atom stereocenters. The molecule has 1 aliphatic rings. The van der Waals surface area contributed by atoms with Crippen molar-refractivity contribution in [3.05, 3.63) is 24.3 Å². The van der Waals surface area contributed by atoms with Gasteiger partial charge in [0.25, 0.3) is 0 Å². The number of phenols is 1. The molecule has 66 valence electrons. The minimum atomic E-state index is -0.336. The minimum Gasteiger partial charge on any atom is -0.508 e. The van der Waals surface area contributed by atoms with Crippen LogP contribution in [0.15, 0.2) is 24.3 Å². The Balaban J connectivity index is 2.11. The SMILES string of the molecule is N#CC1(Nc2ccc(O)cc2)CC1. The summed E-state index contributed by atoms with van der Waals surface area (Å²) in [5, 5.41) is 21.0. The van der Waals surface area contributed by atoms with Crippen LogP contribution < -0.4 is 5.32 Å². The van der Waals surface area contributed by atoms with Crippen molar-refractivity contribution in [2.75, 3.05) is 5.32 Å². The highest BCUT2D eigenvalue weighted by molar-refractivity contribution is 5.51. The van der Waals surface area contributed by atoms with E-state index in [1.807, 2.05) is 0 Å². The molecule has 1 aliphatic carbocycles. The number of nitriles is 1. The van der Waals surface area contributed by atoms with Crippen LogP contribution >= 0.6 is 0 Å². The quantitative estimate of drug-likeness (QED) is 0.673. The topological polar surface area (TPSA) is 56.0 Å². The Labute approximate surface area is 76.6 Å². The molecular formula is C10H10N2O. The van der Waals surface area contributed by atoms with Crippen LogP contribution in [-0.4, -0.2) is 10.6 Å². The Hall–Kier alpha value is -1.69. The van der Waals surface area contributed by atoms with E-state index in [1.54, 1.807) is 24.3 Å². The third-order valence-corrected chi connectivity index (χ3v) is 2.21. The van der Waals surface area contributed by atoms with E-state index >= 15 is 0 Å². The lowest BCUT2D eigenvalue weighted by Crippen LogP contribution is -2.17. The van der Waals surface area contributed by atoms with Gasteiger partial charge in [0.2, 0.25) is 0 Å². The van der Waals surface area contributed by atoms with Crippen LogP contribution in [0.3, 0.4) is 0 Å². The molecule has 0 aromatic heterocycles. The number of hydrogen-bond donors (Lipinski definition) is 2. The van der Waals surface area contributed by atoms with Gasteiger partial charge in [-0.05, 0) is 37.1 Å². The summed E-state index contributed by atoms with van der Waals surface area (Å²) in [4.78, 5) is 0. The van der Waals surface area contributed by atoms with Crippen LogP contribution in [0.25, 0.3) is 0 Å². The summed E-state index contributed by atoms with van der Waals surface area (Å²) >= 11 is 0. The molecular weight excluding hydrogens is 164 g/mol. The first-order valence-electron chi connectivity index (χ1n) is 4.23. The van der Waals surface area contributed by atoms with Crippen molar-refractivity contribution in [2.24, 2.45) is 0 Å². The summed E-state index contributed by atoms with van der Waals surface area (Å²) in [6.45, 7) is 0. The zero-order valence-corrected chi connectivity index (χ0v) is 7.12. The summed E-state index contributed by atoms with van der Waals surface area (Å²) in [5.74, 6) is 0.243. The molecule has 0 saturated heterocycles. The Morgan fingerprint density at radius 3 is 2.38 bits per heavy atom. The summed E-state index contributed by atoms with van der Waals surface area (Å²) < 4.78 is 0. The molecule has 2 N–H and O–H groups in total. The lowest BCUT2D eigenvalue weighted by Gasteiger charge is -2.09. The number of rotatable bonds is 2. The average molecular weight is 174 g/mol. The molecule has 0 unspecified atom stereocenters. The van der Waals surface area contributed by atoms with E-state index in [1.165, 1.54) is 0 Å². The smallest absolute Gasteiger partial charge is 0.125 e. The van der Waals surface area contributed by atoms with Crippen LogP contribution in [-0.2, 0) is 0 Å². The van der Waals surface area contributed by atoms with Crippen molar-refractivity contribution in [3.8, 4) is 11.8 Å². The molecule has 3 heteroatoms. The van der Waals surface area contributed by atoms with E-state index in [9.17, 15) is 0 Å². The van der Waals surface area contributed by atoms with Gasteiger partial charge in [0.15, 0.2) is 0 Å². The third-order valence-electron chi connectivity index (χ3n) is 2.21. The zero-order chi connectivity index (χ0) is 9.31. The number of phenolic OH excluding ortho intramolecular Hbond substituents is 1. The molecule has 0 amide bonds. The van der Waals surface area contributed by atoms with Gasteiger partial charge in [0.1, 0.15) is 11.3 Å². The maximum atomic E-state index is 9.04. The molecule has 1 fully saturated rings. The van der Waals surface area contributed by atoms with E-state index in [0.29, 0.717) is 0 Å². The van der Waals surface area contributed by atoms with Crippen LogP contribution in [0, 0.1) is 11.3 Å². The van der Waals surface area contributed by atoms with Crippen LogP contribution in [0.4, 0.5) is 5.69 Å². The second-order valence-corrected chi connectivity index (χ2v) is 3.37. The molecule has 0 heterocycles. The summed E-state index contributed by atoms with van der Waals surface area (Å²) in [6.07, 6.45) is 1.81. The van der Waals surface area contributed by atoms with Gasteiger partial charge in [-0.1, -0.05) is 0 Å². The van der Waals surface area contributed by atoms with Crippen LogP contribution in [0.5, 0.6) is 5.75 Å². The van der Waals surface area contributed by atoms with Gasteiger partial charge < -0.3 is 10.4 Å². The van der Waals surface area contributed by atoms with Gasteiger partial charge in [0, 0.05) is 5.69 Å². The molecule has 13 heavy (non-hydrogen) atoms. The summed E-state index contributed by atoms with van der Waals surface area (Å²) in [6, 6.07) is 9.00. The molecule has 3 nitrogen and oxygen atoms in total. The number of nitrogens with one attached hydrogen (secondary N) is 1. The lowest BCUT2D eigenvalue weighted by atomic mass is 10.2. The maximum Gasteiger partial charge on any atom is 0.125 e. The molecule has 0 radical (unpaired) electrons. The van der Waals surface area contributed by atoms with Gasteiger partial charge >= 0.3 is 0 Å². The highest BCUT2D eigenvalue weighted by Crippen LogP contribution is 2.38. The van der Waals surface area contributed by atoms with Crippen molar-refractivity contribution in [2.45, 2.75) is 18.4 Å². The highest BCUT2D eigenvalue weighted by atomic mass is 16.3. The minimum absolute atomic E-state index is 0.243. The van der Waals surface area contributed by atoms with E-state index in [-0.39, 0.29) is 11.3 Å². The van der Waals surface area contributed by atoms with Gasteiger partial charge in [-0.15, -0.1) is 0 Å². The fourth-order valence-electron chi connectivity index (χ4n) is 1.21. The second kappa shape index (κ2) is 2.67. The predicted octanol–water partition coefficient (Wildman–Crippen LogP) is 1.86. The van der Waals surface area contributed by atoms with Crippen molar-refractivity contribution in [1.82, 2.24) is 0 Å². The Morgan fingerprint density at radius 1 is 1.31 bits per heavy atom. The summed E-state index contributed by atoms with van der Waals surface area (Å²) in [5.41, 5.74) is 0.550. The van der Waals surface area contributed by atoms with Crippen molar-refractivity contribution >= 4 is 5.69 Å². The first-order valence-corrected chi connectivity index (χ1v) is 4.23. The molecule has 1 saturated carbocycles. The summed E-state index contributed by atoms with van der Waals surface area (Å²) in [7, 11) is 0. The van der Waals surface area contributed by atoms with Crippen molar-refractivity contribution in [3.63, 3.8) is 0 Å². The molecule has 0 bridgehead atoms. The standard InChI is InChI=1S/C10H10N2O/c11-7-10(5-6-10)12-8-1-3-9(13)4-2-8/h1-4,12-13H,5-6H2. The number of hydrogen-bond acceptors (Lipinski definition) is 3. The Bertz CT molecular complexity index is 346. The maximum absolute atomic E-state index is 9.04. The molecule has 2 rings (SSSR count). The number of nitrogens with zero attached hydrogens (tertiary/aromatic N) is 1. The zero-order valence-electron chi connectivity index (χ0n) is 7.12. The Morgan fingerprint density at radius 2 is 1.92 bits per heavy atom. The third kappa shape index (κ3) is 1.57. The van der Waals surface area contributed by atoms with Crippen LogP contribution in [0.1, 0.15) is 12.8 Å². The van der Waals surface area contributed by atoms with Gasteiger partial charge in [0.05, 0.1) is 6.07 Å². The first kappa shape index (κ1) is 7.93. The Kier molecular flexibility index (Phi) is 1.63. The average Bonchev–Trinajstić information content (AvgIpc) is 2.90. The highest BCUT2D eigenvalue weighted by Gasteiger charge is 2.43. The number of aromatic hydroxyl groups is 1. The lowest BCUT2D eigenvalue weighted by molar-refractivity contribution is 0.475. The van der Waals surface area contributed by atoms with E-state index < -0.39 is 0 Å². The fourth-order valence-corrected chi connectivity index (χ4v) is 1.21. The first-order chi connectivity index (χ1) is 6.24. The monoisotopic (exact) mass is 174 g/mol. The normalized spacial score (nSPS) is 17.5. The number of benzene rings is 1. The van der Waals surface area contributed by atoms with Crippen molar-refractivity contribution in [1.29, 1.82) is 5.26 Å². The number of anilines is 1. The van der Waals surface area contributed by atoms with Gasteiger partial charge in [-0.25, -0.2) is 0 Å².